The van der Waals surface area contributed by atoms with Gasteiger partial charge in [0.05, 0.1) is 23.2 Å². The van der Waals surface area contributed by atoms with Crippen LogP contribution in [0.5, 0.6) is 0 Å². The van der Waals surface area contributed by atoms with Gasteiger partial charge in [-0.1, -0.05) is 0 Å². The van der Waals surface area contributed by atoms with Crippen LogP contribution in [-0.2, 0) is 16.6 Å². The second-order valence-electron chi connectivity index (χ2n) is 9.14. The number of aromatic nitrogens is 3. The van der Waals surface area contributed by atoms with E-state index < -0.39 is 10.0 Å². The summed E-state index contributed by atoms with van der Waals surface area (Å²) in [6, 6.07) is 5.24. The van der Waals surface area contributed by atoms with E-state index in [1.54, 1.807) is 30.2 Å². The highest BCUT2D eigenvalue weighted by molar-refractivity contribution is 7.92. The van der Waals surface area contributed by atoms with Crippen LogP contribution in [0.1, 0.15) is 53.0 Å². The monoisotopic (exact) mass is 497 g/mol. The summed E-state index contributed by atoms with van der Waals surface area (Å²) in [4.78, 5) is 32.3. The molecule has 11 nitrogen and oxygen atoms in total. The van der Waals surface area contributed by atoms with E-state index in [0.717, 1.165) is 24.7 Å². The predicted molar refractivity (Wildman–Crippen MR) is 131 cm³/mol. The second-order valence-corrected chi connectivity index (χ2v) is 10.9. The first-order valence-electron chi connectivity index (χ1n) is 11.5. The molecular formula is C23H27N7O4S. The minimum absolute atomic E-state index is 0.0595. The standard InChI is InChI=1S/C23H27N7O4S/c1-4-25-22(31)19-20(24)27-30-8-7-16(26-21(19)30)14-9-15-11-29(12(2)13-5-6-13)23(32)18(15)17(10-14)28-35(3,33)34/h7-10,12-13,28H,4-6,11H2,1-3H3,(H2,24,27)(H,25,31)/t12-/m0/s1. The van der Waals surface area contributed by atoms with Gasteiger partial charge in [0.25, 0.3) is 11.8 Å². The van der Waals surface area contributed by atoms with Crippen molar-refractivity contribution in [2.24, 2.45) is 5.92 Å². The van der Waals surface area contributed by atoms with E-state index in [-0.39, 0.29) is 40.6 Å². The number of benzene rings is 1. The van der Waals surface area contributed by atoms with E-state index >= 15 is 0 Å². The minimum atomic E-state index is -3.64. The summed E-state index contributed by atoms with van der Waals surface area (Å²) in [5.41, 5.74) is 8.83. The summed E-state index contributed by atoms with van der Waals surface area (Å²) < 4.78 is 28.2. The normalized spacial score (nSPS) is 16.4. The zero-order valence-corrected chi connectivity index (χ0v) is 20.5. The Morgan fingerprint density at radius 1 is 1.31 bits per heavy atom. The lowest BCUT2D eigenvalue weighted by Crippen LogP contribution is -2.34. The third kappa shape index (κ3) is 4.18. The van der Waals surface area contributed by atoms with Crippen LogP contribution in [0, 0.1) is 5.92 Å². The number of anilines is 2. The van der Waals surface area contributed by atoms with E-state index in [9.17, 15) is 18.0 Å². The number of nitrogen functional groups attached to an aromatic ring is 1. The molecule has 1 aliphatic carbocycles. The fraction of sp³-hybridized carbons (Fsp3) is 0.391. The largest absolute Gasteiger partial charge is 0.381 e. The van der Waals surface area contributed by atoms with Crippen molar-refractivity contribution in [2.45, 2.75) is 39.3 Å². The van der Waals surface area contributed by atoms with Crippen molar-refractivity contribution in [2.75, 3.05) is 23.3 Å². The molecule has 2 aromatic heterocycles. The van der Waals surface area contributed by atoms with E-state index in [1.807, 2.05) is 13.0 Å². The van der Waals surface area contributed by atoms with Crippen molar-refractivity contribution in [3.63, 3.8) is 0 Å². The zero-order valence-electron chi connectivity index (χ0n) is 19.7. The van der Waals surface area contributed by atoms with Gasteiger partial charge in [0.1, 0.15) is 5.56 Å². The van der Waals surface area contributed by atoms with Crippen LogP contribution in [0.4, 0.5) is 11.5 Å². The molecule has 3 aromatic rings. The van der Waals surface area contributed by atoms with Crippen molar-refractivity contribution in [3.05, 3.63) is 41.1 Å². The molecule has 0 spiro atoms. The fourth-order valence-corrected chi connectivity index (χ4v) is 5.20. The lowest BCUT2D eigenvalue weighted by molar-refractivity contribution is 0.0698. The first-order chi connectivity index (χ1) is 16.6. The second kappa shape index (κ2) is 8.22. The van der Waals surface area contributed by atoms with Crippen molar-refractivity contribution < 1.29 is 18.0 Å². The highest BCUT2D eigenvalue weighted by atomic mass is 32.2. The van der Waals surface area contributed by atoms with Crippen LogP contribution >= 0.6 is 0 Å². The Bertz CT molecular complexity index is 1480. The molecule has 1 aliphatic heterocycles. The molecule has 1 aromatic carbocycles. The Kier molecular flexibility index (Phi) is 5.42. The van der Waals surface area contributed by atoms with Gasteiger partial charge in [-0.25, -0.2) is 17.9 Å². The maximum Gasteiger partial charge on any atom is 0.258 e. The summed E-state index contributed by atoms with van der Waals surface area (Å²) in [7, 11) is -3.64. The number of hydrogen-bond acceptors (Lipinski definition) is 7. The summed E-state index contributed by atoms with van der Waals surface area (Å²) >= 11 is 0. The van der Waals surface area contributed by atoms with Gasteiger partial charge in [0.15, 0.2) is 11.5 Å². The van der Waals surface area contributed by atoms with E-state index in [4.69, 9.17) is 5.73 Å². The third-order valence-electron chi connectivity index (χ3n) is 6.50. The number of carbonyl (C=O) groups is 2. The highest BCUT2D eigenvalue weighted by Crippen LogP contribution is 2.41. The summed E-state index contributed by atoms with van der Waals surface area (Å²) in [6.45, 7) is 4.65. The number of nitrogens with zero attached hydrogens (tertiary/aromatic N) is 4. The topological polar surface area (TPSA) is 152 Å². The molecule has 2 aliphatic rings. The first-order valence-corrected chi connectivity index (χ1v) is 13.4. The van der Waals surface area contributed by atoms with Crippen LogP contribution < -0.4 is 15.8 Å². The third-order valence-corrected chi connectivity index (χ3v) is 7.09. The smallest absolute Gasteiger partial charge is 0.258 e. The van der Waals surface area contributed by atoms with Gasteiger partial charge in [0, 0.05) is 30.9 Å². The highest BCUT2D eigenvalue weighted by Gasteiger charge is 2.40. The summed E-state index contributed by atoms with van der Waals surface area (Å²) in [5.74, 6) is -0.0247. The number of carbonyl (C=O) groups excluding carboxylic acids is 2. The Labute approximate surface area is 202 Å². The Morgan fingerprint density at radius 2 is 2.06 bits per heavy atom. The SMILES string of the molecule is CCNC(=O)c1c(N)nn2ccc(-c3cc4c(c(NS(C)(=O)=O)c3)C(=O)N([C@@H](C)C3CC3)C4)nc12. The van der Waals surface area contributed by atoms with Gasteiger partial charge < -0.3 is 16.0 Å². The van der Waals surface area contributed by atoms with Crippen LogP contribution in [0.3, 0.4) is 0 Å². The van der Waals surface area contributed by atoms with Gasteiger partial charge in [0.2, 0.25) is 10.0 Å². The Hall–Kier alpha value is -3.67. The van der Waals surface area contributed by atoms with Gasteiger partial charge in [-0.3, -0.25) is 14.3 Å². The minimum Gasteiger partial charge on any atom is -0.381 e. The number of nitrogens with two attached hydrogens (primary N) is 1. The van der Waals surface area contributed by atoms with Crippen molar-refractivity contribution in [1.29, 1.82) is 0 Å². The van der Waals surface area contributed by atoms with E-state index in [2.05, 4.69) is 20.1 Å². The van der Waals surface area contributed by atoms with Crippen LogP contribution in [0.25, 0.3) is 16.9 Å². The molecular weight excluding hydrogens is 470 g/mol. The van der Waals surface area contributed by atoms with E-state index in [0.29, 0.717) is 35.8 Å². The van der Waals surface area contributed by atoms with Crippen molar-refractivity contribution in [3.8, 4) is 11.3 Å². The molecule has 184 valence electrons. The molecule has 0 bridgehead atoms. The number of fused-ring (bicyclic) bond motifs is 2. The lowest BCUT2D eigenvalue weighted by Gasteiger charge is -2.24. The zero-order chi connectivity index (χ0) is 25.1. The molecule has 3 heterocycles. The van der Waals surface area contributed by atoms with Crippen molar-refractivity contribution >= 4 is 39.0 Å². The molecule has 2 amide bonds. The van der Waals surface area contributed by atoms with Crippen LogP contribution in [-0.4, -0.2) is 58.6 Å². The molecule has 4 N–H and O–H groups in total. The number of hydrogen-bond donors (Lipinski definition) is 3. The molecule has 1 saturated carbocycles. The van der Waals surface area contributed by atoms with Crippen LogP contribution in [0.2, 0.25) is 0 Å². The van der Waals surface area contributed by atoms with Gasteiger partial charge in [-0.2, -0.15) is 0 Å². The van der Waals surface area contributed by atoms with E-state index in [1.165, 1.54) is 4.52 Å². The van der Waals surface area contributed by atoms with Gasteiger partial charge in [-0.15, -0.1) is 5.10 Å². The average Bonchev–Trinajstić information content (AvgIpc) is 3.49. The van der Waals surface area contributed by atoms with Gasteiger partial charge >= 0.3 is 0 Å². The molecule has 0 radical (unpaired) electrons. The number of sulfonamides is 1. The number of amides is 2. The molecule has 1 fully saturated rings. The quantitative estimate of drug-likeness (QED) is 0.450. The first kappa shape index (κ1) is 23.1. The average molecular weight is 498 g/mol. The Morgan fingerprint density at radius 3 is 2.71 bits per heavy atom. The molecule has 5 rings (SSSR count). The molecule has 0 unspecified atom stereocenters. The molecule has 1 atom stereocenters. The molecule has 0 saturated heterocycles. The lowest BCUT2D eigenvalue weighted by atomic mass is 10.0. The molecule has 35 heavy (non-hydrogen) atoms. The summed E-state index contributed by atoms with van der Waals surface area (Å²) in [6.07, 6.45) is 4.87. The number of nitrogens with one attached hydrogen (secondary N) is 2. The molecule has 12 heteroatoms. The predicted octanol–water partition coefficient (Wildman–Crippen LogP) is 1.85. The Balaban J connectivity index is 1.62. The number of rotatable bonds is 7. The fourth-order valence-electron chi connectivity index (χ4n) is 4.64. The van der Waals surface area contributed by atoms with Crippen LogP contribution in [0.15, 0.2) is 24.4 Å². The van der Waals surface area contributed by atoms with Crippen molar-refractivity contribution in [1.82, 2.24) is 24.8 Å². The van der Waals surface area contributed by atoms with Gasteiger partial charge in [-0.05, 0) is 56.4 Å². The maximum atomic E-state index is 13.3. The summed E-state index contributed by atoms with van der Waals surface area (Å²) in [5, 5.41) is 6.88. The maximum absolute atomic E-state index is 13.3.